The van der Waals surface area contributed by atoms with E-state index < -0.39 is 59.9 Å². The van der Waals surface area contributed by atoms with Crippen LogP contribution in [0.1, 0.15) is 12.8 Å². The summed E-state index contributed by atoms with van der Waals surface area (Å²) in [5.41, 5.74) is -2.96. The number of carbonyl (C=O) groups is 3. The Balaban J connectivity index is 2.34. The van der Waals surface area contributed by atoms with Gasteiger partial charge in [0.1, 0.15) is 12.2 Å². The first-order valence-corrected chi connectivity index (χ1v) is 6.41. The van der Waals surface area contributed by atoms with E-state index in [1.165, 1.54) is 0 Å². The summed E-state index contributed by atoms with van der Waals surface area (Å²) >= 11 is 5.59. The van der Waals surface area contributed by atoms with Crippen LogP contribution in [-0.4, -0.2) is 67.4 Å². The van der Waals surface area contributed by atoms with Gasteiger partial charge in [-0.25, -0.2) is 0 Å². The quantitative estimate of drug-likeness (QED) is 0.260. The van der Waals surface area contributed by atoms with Crippen molar-refractivity contribution in [3.05, 3.63) is 11.6 Å². The minimum Gasteiger partial charge on any atom is -0.394 e. The lowest BCUT2D eigenvalue weighted by atomic mass is 9.83. The maximum Gasteiger partial charge on any atom is 0.279 e. The third-order valence-corrected chi connectivity index (χ3v) is 3.95. The van der Waals surface area contributed by atoms with Crippen molar-refractivity contribution in [2.75, 3.05) is 6.61 Å². The second kappa shape index (κ2) is 5.24. The second-order valence-corrected chi connectivity index (χ2v) is 5.52. The molecule has 0 radical (unpaired) electrons. The van der Waals surface area contributed by atoms with Crippen molar-refractivity contribution in [1.29, 1.82) is 0 Å². The van der Waals surface area contributed by atoms with Gasteiger partial charge >= 0.3 is 0 Å². The third kappa shape index (κ3) is 2.54. The zero-order valence-corrected chi connectivity index (χ0v) is 11.4. The molecular weight excluding hydrogens is 308 g/mol. The van der Waals surface area contributed by atoms with Crippen LogP contribution < -0.4 is 0 Å². The number of allylic oxidation sites excluding steroid dienone is 1. The summed E-state index contributed by atoms with van der Waals surface area (Å²) in [4.78, 5) is 34.3. The summed E-state index contributed by atoms with van der Waals surface area (Å²) < 4.78 is 4.72. The number of halogens is 1. The number of aliphatic hydroxyl groups excluding tert-OH is 2. The molecule has 8 nitrogen and oxygen atoms in total. The highest BCUT2D eigenvalue weighted by molar-refractivity contribution is 6.49. The normalized spacial score (nSPS) is 40.6. The molecule has 21 heavy (non-hydrogen) atoms. The van der Waals surface area contributed by atoms with E-state index >= 15 is 0 Å². The number of alkyl halides is 1. The maximum absolute atomic E-state index is 11.7. The fraction of sp³-hybridized carbons (Fsp3) is 0.583. The Morgan fingerprint density at radius 2 is 1.95 bits per heavy atom. The van der Waals surface area contributed by atoms with Gasteiger partial charge in [-0.05, 0) is 6.08 Å². The second-order valence-electron chi connectivity index (χ2n) is 5.01. The molecule has 1 fully saturated rings. The van der Waals surface area contributed by atoms with E-state index in [1.807, 2.05) is 0 Å². The van der Waals surface area contributed by atoms with Gasteiger partial charge < -0.3 is 25.2 Å². The fourth-order valence-electron chi connectivity index (χ4n) is 2.36. The minimum absolute atomic E-state index is 0.390. The molecule has 1 unspecified atom stereocenters. The summed E-state index contributed by atoms with van der Waals surface area (Å²) in [6, 6.07) is 0. The lowest BCUT2D eigenvalue weighted by Crippen LogP contribution is -2.54. The molecule has 1 saturated heterocycles. The minimum atomic E-state index is -2.79. The number of carbonyl (C=O) groups excluding carboxylic acids is 3. The van der Waals surface area contributed by atoms with Crippen LogP contribution in [0.2, 0.25) is 0 Å². The molecule has 0 spiro atoms. The van der Waals surface area contributed by atoms with Gasteiger partial charge in [0, 0.05) is 12.0 Å². The van der Waals surface area contributed by atoms with Crippen LogP contribution in [0.3, 0.4) is 0 Å². The molecule has 2 rings (SSSR count). The molecule has 2 aliphatic rings. The van der Waals surface area contributed by atoms with Gasteiger partial charge in [-0.3, -0.25) is 14.4 Å². The van der Waals surface area contributed by atoms with Crippen molar-refractivity contribution in [2.45, 2.75) is 35.9 Å². The zero-order valence-electron chi connectivity index (χ0n) is 10.7. The Bertz CT molecular complexity index is 539. The van der Waals surface area contributed by atoms with Crippen LogP contribution in [0.4, 0.5) is 0 Å². The number of Topliss-reactive ketones (excluding diaryl/α,β-unsaturated/α-hetero) is 2. The van der Waals surface area contributed by atoms with Crippen LogP contribution >= 0.6 is 11.6 Å². The van der Waals surface area contributed by atoms with Gasteiger partial charge in [0.2, 0.25) is 11.6 Å². The number of ketones is 3. The van der Waals surface area contributed by atoms with Crippen LogP contribution in [-0.2, 0) is 19.1 Å². The summed E-state index contributed by atoms with van der Waals surface area (Å²) in [5.74, 6) is -2.59. The first-order chi connectivity index (χ1) is 9.62. The molecule has 4 N–H and O–H groups in total. The Hall–Kier alpha value is -1.16. The molecule has 9 heteroatoms. The lowest BCUT2D eigenvalue weighted by molar-refractivity contribution is -0.211. The number of ether oxygens (including phenoxy) is 1. The molecule has 116 valence electrons. The monoisotopic (exact) mass is 320 g/mol. The topological polar surface area (TPSA) is 141 Å². The van der Waals surface area contributed by atoms with Gasteiger partial charge in [-0.1, -0.05) is 11.6 Å². The highest BCUT2D eigenvalue weighted by Crippen LogP contribution is 2.45. The number of aliphatic hydroxyl groups is 4. The van der Waals surface area contributed by atoms with E-state index in [-0.39, 0.29) is 5.57 Å². The van der Waals surface area contributed by atoms with Crippen LogP contribution in [0.5, 0.6) is 0 Å². The van der Waals surface area contributed by atoms with Gasteiger partial charge in [-0.2, -0.15) is 0 Å². The summed E-state index contributed by atoms with van der Waals surface area (Å²) in [6.45, 7) is -0.747. The van der Waals surface area contributed by atoms with Crippen molar-refractivity contribution in [1.82, 2.24) is 0 Å². The van der Waals surface area contributed by atoms with E-state index in [4.69, 9.17) is 21.4 Å². The molecule has 1 aliphatic carbocycles. The Morgan fingerprint density at radius 1 is 1.33 bits per heavy atom. The Labute approximate surface area is 123 Å². The number of hydrogen-bond donors (Lipinski definition) is 4. The standard InChI is InChI=1S/C12H13ClO8/c13-12(20)11(19,10(18)8(4-14)21-12)3-5-1-6(15)2-7(16)9(5)17/h1,8,10,14,18-20H,2-4H2/t8-,10-,11+,12?/m1/s1. The highest BCUT2D eigenvalue weighted by Gasteiger charge is 2.64. The highest BCUT2D eigenvalue weighted by atomic mass is 35.5. The molecule has 0 aromatic carbocycles. The SMILES string of the molecule is O=C1C=C(C[C@]2(O)[C@H](O)[C@@H](CO)OC2(O)Cl)C(=O)C(=O)C1. The average molecular weight is 321 g/mol. The molecule has 1 heterocycles. The summed E-state index contributed by atoms with van der Waals surface area (Å²) in [5, 5.41) is 36.3. The molecule has 0 saturated carbocycles. The van der Waals surface area contributed by atoms with Crippen molar-refractivity contribution >= 4 is 29.0 Å². The molecule has 0 bridgehead atoms. The Morgan fingerprint density at radius 3 is 2.48 bits per heavy atom. The van der Waals surface area contributed by atoms with Crippen molar-refractivity contribution in [2.24, 2.45) is 0 Å². The Kier molecular flexibility index (Phi) is 4.04. The van der Waals surface area contributed by atoms with Gasteiger partial charge in [0.15, 0.2) is 11.4 Å². The van der Waals surface area contributed by atoms with Gasteiger partial charge in [-0.15, -0.1) is 0 Å². The van der Waals surface area contributed by atoms with Crippen molar-refractivity contribution in [3.8, 4) is 0 Å². The van der Waals surface area contributed by atoms with E-state index in [0.717, 1.165) is 6.08 Å². The first kappa shape index (κ1) is 16.2. The lowest BCUT2D eigenvalue weighted by Gasteiger charge is -2.33. The maximum atomic E-state index is 11.7. The molecule has 0 aromatic rings. The largest absolute Gasteiger partial charge is 0.394 e. The van der Waals surface area contributed by atoms with Crippen LogP contribution in [0, 0.1) is 0 Å². The zero-order chi connectivity index (χ0) is 16.0. The van der Waals surface area contributed by atoms with E-state index in [0.29, 0.717) is 0 Å². The molecule has 0 aromatic heterocycles. The summed E-state index contributed by atoms with van der Waals surface area (Å²) in [6.07, 6.45) is -3.70. The number of rotatable bonds is 3. The number of hydrogen-bond acceptors (Lipinski definition) is 8. The van der Waals surface area contributed by atoms with Gasteiger partial charge in [0.25, 0.3) is 5.25 Å². The van der Waals surface area contributed by atoms with Crippen molar-refractivity contribution in [3.63, 3.8) is 0 Å². The van der Waals surface area contributed by atoms with E-state index in [1.54, 1.807) is 0 Å². The molecular formula is C12H13ClO8. The third-order valence-electron chi connectivity index (χ3n) is 3.54. The van der Waals surface area contributed by atoms with Gasteiger partial charge in [0.05, 0.1) is 13.0 Å². The van der Waals surface area contributed by atoms with Crippen molar-refractivity contribution < 1.29 is 39.5 Å². The average Bonchev–Trinajstić information content (AvgIpc) is 2.56. The van der Waals surface area contributed by atoms with E-state index in [9.17, 15) is 29.7 Å². The van der Waals surface area contributed by atoms with Crippen LogP contribution in [0.15, 0.2) is 11.6 Å². The first-order valence-electron chi connectivity index (χ1n) is 6.03. The summed E-state index contributed by atoms with van der Waals surface area (Å²) in [7, 11) is 0. The predicted octanol–water partition coefficient (Wildman–Crippen LogP) is -2.22. The van der Waals surface area contributed by atoms with E-state index in [2.05, 4.69) is 0 Å². The predicted molar refractivity (Wildman–Crippen MR) is 66.1 cm³/mol. The molecule has 1 aliphatic heterocycles. The molecule has 4 atom stereocenters. The molecule has 0 amide bonds. The smallest absolute Gasteiger partial charge is 0.279 e. The van der Waals surface area contributed by atoms with Crippen LogP contribution in [0.25, 0.3) is 0 Å². The fourth-order valence-corrected chi connectivity index (χ4v) is 2.65.